The Hall–Kier alpha value is -2.33. The average Bonchev–Trinajstić information content (AvgIpc) is 3.21. The SMILES string of the molecule is CC[C@@]1(CO)O[C@@H](n2cnc3c(N(C)C)nc(NC(=O)C(C)C)nc32)[C@H](F)[C@@H]1C. The number of nitrogens with zero attached hydrogens (tertiary/aromatic N) is 5. The van der Waals surface area contributed by atoms with Crippen LogP contribution >= 0.6 is 0 Å². The van der Waals surface area contributed by atoms with Crippen LogP contribution in [0.5, 0.6) is 0 Å². The summed E-state index contributed by atoms with van der Waals surface area (Å²) in [6.07, 6.45) is -0.401. The first kappa shape index (κ1) is 21.4. The quantitative estimate of drug-likeness (QED) is 0.754. The molecule has 10 heteroatoms. The average molecular weight is 408 g/mol. The fourth-order valence-corrected chi connectivity index (χ4v) is 3.57. The number of alkyl halides is 1. The highest BCUT2D eigenvalue weighted by Crippen LogP contribution is 2.45. The standard InChI is InChI=1S/C19H29FN6O3/c1-7-19(8-27)11(4)12(20)17(29-19)26-9-21-13-14(25(5)6)22-18(23-15(13)26)24-16(28)10(2)3/h9-12,17,27H,7-8H2,1-6H3,(H,22,23,24,28)/t11-,12+,17+,19-/m0/s1. The Morgan fingerprint density at radius 3 is 2.66 bits per heavy atom. The Balaban J connectivity index is 2.10. The van der Waals surface area contributed by atoms with Gasteiger partial charge in [-0.1, -0.05) is 27.7 Å². The zero-order chi connectivity index (χ0) is 21.5. The van der Waals surface area contributed by atoms with Crippen LogP contribution in [0.25, 0.3) is 11.2 Å². The van der Waals surface area contributed by atoms with Gasteiger partial charge in [-0.2, -0.15) is 9.97 Å². The van der Waals surface area contributed by atoms with Crippen molar-refractivity contribution in [3.8, 4) is 0 Å². The second-order valence-corrected chi connectivity index (χ2v) is 8.05. The van der Waals surface area contributed by atoms with Crippen LogP contribution < -0.4 is 10.2 Å². The molecule has 9 nitrogen and oxygen atoms in total. The molecule has 2 aromatic heterocycles. The fraction of sp³-hybridized carbons (Fsp3) is 0.684. The predicted molar refractivity (Wildman–Crippen MR) is 107 cm³/mol. The number of carbonyl (C=O) groups excluding carboxylic acids is 1. The van der Waals surface area contributed by atoms with Crippen LogP contribution in [0.4, 0.5) is 16.2 Å². The number of aromatic nitrogens is 4. The zero-order valence-electron chi connectivity index (χ0n) is 17.7. The minimum absolute atomic E-state index is 0.118. The van der Waals surface area contributed by atoms with Crippen molar-refractivity contribution in [3.05, 3.63) is 6.33 Å². The maximum Gasteiger partial charge on any atom is 0.233 e. The number of rotatable bonds is 6. The lowest BCUT2D eigenvalue weighted by Gasteiger charge is -2.29. The van der Waals surface area contributed by atoms with Gasteiger partial charge in [0.2, 0.25) is 11.9 Å². The fourth-order valence-electron chi connectivity index (χ4n) is 3.57. The van der Waals surface area contributed by atoms with Gasteiger partial charge >= 0.3 is 0 Å². The van der Waals surface area contributed by atoms with Crippen molar-refractivity contribution in [2.45, 2.75) is 52.1 Å². The lowest BCUT2D eigenvalue weighted by molar-refractivity contribution is -0.118. The van der Waals surface area contributed by atoms with Crippen LogP contribution in [0.15, 0.2) is 6.33 Å². The third kappa shape index (κ3) is 3.55. The molecule has 0 radical (unpaired) electrons. The van der Waals surface area contributed by atoms with Crippen molar-refractivity contribution in [1.29, 1.82) is 0 Å². The molecule has 2 aromatic rings. The van der Waals surface area contributed by atoms with Gasteiger partial charge in [0.15, 0.2) is 29.4 Å². The van der Waals surface area contributed by atoms with Crippen molar-refractivity contribution in [3.63, 3.8) is 0 Å². The maximum atomic E-state index is 15.2. The van der Waals surface area contributed by atoms with E-state index in [2.05, 4.69) is 20.3 Å². The molecular weight excluding hydrogens is 379 g/mol. The summed E-state index contributed by atoms with van der Waals surface area (Å²) in [4.78, 5) is 27.1. The van der Waals surface area contributed by atoms with E-state index in [0.29, 0.717) is 23.4 Å². The minimum Gasteiger partial charge on any atom is -0.393 e. The van der Waals surface area contributed by atoms with Gasteiger partial charge < -0.3 is 14.7 Å². The van der Waals surface area contributed by atoms with Crippen LogP contribution in [-0.4, -0.2) is 63.0 Å². The summed E-state index contributed by atoms with van der Waals surface area (Å²) < 4.78 is 22.7. The number of ether oxygens (including phenoxy) is 1. The van der Waals surface area contributed by atoms with Gasteiger partial charge in [-0.15, -0.1) is 0 Å². The van der Waals surface area contributed by atoms with Gasteiger partial charge in [-0.05, 0) is 6.42 Å². The maximum absolute atomic E-state index is 15.2. The normalized spacial score (nSPS) is 27.0. The zero-order valence-corrected chi connectivity index (χ0v) is 17.7. The van der Waals surface area contributed by atoms with Crippen molar-refractivity contribution < 1.29 is 19.0 Å². The van der Waals surface area contributed by atoms with E-state index < -0.39 is 23.9 Å². The van der Waals surface area contributed by atoms with Gasteiger partial charge in [-0.25, -0.2) is 9.37 Å². The lowest BCUT2D eigenvalue weighted by Crippen LogP contribution is -2.39. The summed E-state index contributed by atoms with van der Waals surface area (Å²) in [6.45, 7) is 6.86. The van der Waals surface area contributed by atoms with Gasteiger partial charge in [-0.3, -0.25) is 14.7 Å². The van der Waals surface area contributed by atoms with E-state index in [1.165, 1.54) is 10.9 Å². The van der Waals surface area contributed by atoms with Crippen LogP contribution in [0.1, 0.15) is 40.3 Å². The second-order valence-electron chi connectivity index (χ2n) is 8.05. The molecule has 1 amide bonds. The first-order valence-corrected chi connectivity index (χ1v) is 9.80. The number of hydrogen-bond acceptors (Lipinski definition) is 7. The van der Waals surface area contributed by atoms with Gasteiger partial charge in [0.1, 0.15) is 0 Å². The Labute approximate surface area is 169 Å². The molecule has 0 aromatic carbocycles. The summed E-state index contributed by atoms with van der Waals surface area (Å²) in [5.41, 5.74) is -0.140. The number of amides is 1. The summed E-state index contributed by atoms with van der Waals surface area (Å²) in [6, 6.07) is 0. The molecule has 1 aliphatic rings. The molecule has 0 saturated carbocycles. The number of nitrogens with one attached hydrogen (secondary N) is 1. The van der Waals surface area contributed by atoms with Crippen LogP contribution in [0.2, 0.25) is 0 Å². The third-order valence-corrected chi connectivity index (χ3v) is 5.66. The molecule has 0 bridgehead atoms. The Morgan fingerprint density at radius 1 is 1.45 bits per heavy atom. The molecule has 1 aliphatic heterocycles. The molecule has 29 heavy (non-hydrogen) atoms. The monoisotopic (exact) mass is 408 g/mol. The highest BCUT2D eigenvalue weighted by molar-refractivity contribution is 5.92. The molecule has 160 valence electrons. The molecule has 2 N–H and O–H groups in total. The molecule has 1 fully saturated rings. The summed E-state index contributed by atoms with van der Waals surface area (Å²) in [7, 11) is 3.60. The van der Waals surface area contributed by atoms with Crippen molar-refractivity contribution in [2.75, 3.05) is 30.9 Å². The molecule has 0 unspecified atom stereocenters. The molecule has 0 spiro atoms. The van der Waals surface area contributed by atoms with E-state index in [1.807, 2.05) is 6.92 Å². The third-order valence-electron chi connectivity index (χ3n) is 5.66. The number of aliphatic hydroxyl groups is 1. The summed E-state index contributed by atoms with van der Waals surface area (Å²) in [5, 5.41) is 12.5. The lowest BCUT2D eigenvalue weighted by atomic mass is 9.86. The molecule has 4 atom stereocenters. The molecular formula is C19H29FN6O3. The number of halogens is 1. The minimum atomic E-state index is -1.36. The first-order valence-electron chi connectivity index (χ1n) is 9.80. The summed E-state index contributed by atoms with van der Waals surface area (Å²) in [5.74, 6) is -0.356. The number of anilines is 2. The van der Waals surface area contributed by atoms with Gasteiger partial charge in [0.25, 0.3) is 0 Å². The Bertz CT molecular complexity index is 895. The van der Waals surface area contributed by atoms with Crippen molar-refractivity contribution >= 4 is 28.8 Å². The first-order chi connectivity index (χ1) is 13.6. The molecule has 1 saturated heterocycles. The highest BCUT2D eigenvalue weighted by atomic mass is 19.1. The highest BCUT2D eigenvalue weighted by Gasteiger charge is 2.53. The number of imidazole rings is 1. The van der Waals surface area contributed by atoms with Gasteiger partial charge in [0, 0.05) is 25.9 Å². The van der Waals surface area contributed by atoms with E-state index in [0.717, 1.165) is 0 Å². The predicted octanol–water partition coefficient (Wildman–Crippen LogP) is 2.13. The largest absolute Gasteiger partial charge is 0.393 e. The number of carbonyl (C=O) groups is 1. The van der Waals surface area contributed by atoms with Crippen molar-refractivity contribution in [1.82, 2.24) is 19.5 Å². The molecule has 3 heterocycles. The van der Waals surface area contributed by atoms with Crippen LogP contribution in [0.3, 0.4) is 0 Å². The second kappa shape index (κ2) is 7.83. The topological polar surface area (TPSA) is 105 Å². The molecule has 0 aliphatic carbocycles. The van der Waals surface area contributed by atoms with Crippen LogP contribution in [0, 0.1) is 11.8 Å². The van der Waals surface area contributed by atoms with Gasteiger partial charge in [0.05, 0.1) is 18.5 Å². The number of fused-ring (bicyclic) bond motifs is 1. The Kier molecular flexibility index (Phi) is 5.77. The molecule has 3 rings (SSSR count). The van der Waals surface area contributed by atoms with Crippen molar-refractivity contribution in [2.24, 2.45) is 11.8 Å². The number of hydrogen-bond donors (Lipinski definition) is 2. The van der Waals surface area contributed by atoms with Crippen LogP contribution in [-0.2, 0) is 9.53 Å². The van der Waals surface area contributed by atoms with E-state index >= 15 is 4.39 Å². The smallest absolute Gasteiger partial charge is 0.233 e. The number of aliphatic hydroxyl groups excluding tert-OH is 1. The summed E-state index contributed by atoms with van der Waals surface area (Å²) >= 11 is 0. The Morgan fingerprint density at radius 2 is 2.14 bits per heavy atom. The van der Waals surface area contributed by atoms with E-state index in [-0.39, 0.29) is 24.4 Å². The van der Waals surface area contributed by atoms with E-state index in [9.17, 15) is 9.90 Å². The van der Waals surface area contributed by atoms with E-state index in [4.69, 9.17) is 4.74 Å². The van der Waals surface area contributed by atoms with E-state index in [1.54, 1.807) is 39.8 Å².